The Kier molecular flexibility index (Phi) is 7.85. The summed E-state index contributed by atoms with van der Waals surface area (Å²) in [5.41, 5.74) is 1.16. The summed E-state index contributed by atoms with van der Waals surface area (Å²) >= 11 is 0. The lowest BCUT2D eigenvalue weighted by Crippen LogP contribution is -2.28. The predicted molar refractivity (Wildman–Crippen MR) is 64.3 cm³/mol. The molecule has 1 rings (SSSR count). The minimum absolute atomic E-state index is 0.306. The SMILES string of the molecule is CC.COC(=O)N(C)CCc1ccncc1. The maximum atomic E-state index is 11.0. The molecule has 0 aliphatic carbocycles. The molecule has 0 radical (unpaired) electrons. The number of hydrogen-bond acceptors (Lipinski definition) is 3. The molecule has 1 aromatic heterocycles. The van der Waals surface area contributed by atoms with Crippen molar-refractivity contribution in [2.24, 2.45) is 0 Å². The largest absolute Gasteiger partial charge is 0.453 e. The molecule has 4 nitrogen and oxygen atoms in total. The molecule has 1 amide bonds. The number of carbonyl (C=O) groups is 1. The first kappa shape index (κ1) is 14.4. The first-order valence-corrected chi connectivity index (χ1v) is 5.42. The molecule has 1 aromatic rings. The molecular formula is C12H20N2O2. The number of ether oxygens (including phenoxy) is 1. The first-order chi connectivity index (χ1) is 7.74. The third-order valence-electron chi connectivity index (χ3n) is 1.97. The van der Waals surface area contributed by atoms with Crippen molar-refractivity contribution in [2.45, 2.75) is 20.3 Å². The maximum absolute atomic E-state index is 11.0. The average Bonchev–Trinajstić information content (AvgIpc) is 2.38. The molecule has 0 aromatic carbocycles. The quantitative estimate of drug-likeness (QED) is 0.791. The zero-order chi connectivity index (χ0) is 12.4. The normalized spacial score (nSPS) is 8.75. The van der Waals surface area contributed by atoms with Gasteiger partial charge in [-0.05, 0) is 24.1 Å². The topological polar surface area (TPSA) is 42.4 Å². The van der Waals surface area contributed by atoms with Gasteiger partial charge in [0.1, 0.15) is 0 Å². The summed E-state index contributed by atoms with van der Waals surface area (Å²) in [6.45, 7) is 4.65. The summed E-state index contributed by atoms with van der Waals surface area (Å²) in [5, 5.41) is 0. The summed E-state index contributed by atoms with van der Waals surface area (Å²) in [5.74, 6) is 0. The van der Waals surface area contributed by atoms with Crippen LogP contribution in [-0.4, -0.2) is 36.7 Å². The lowest BCUT2D eigenvalue weighted by molar-refractivity contribution is 0.134. The van der Waals surface area contributed by atoms with Crippen LogP contribution < -0.4 is 0 Å². The number of methoxy groups -OCH3 is 1. The summed E-state index contributed by atoms with van der Waals surface area (Å²) in [6, 6.07) is 3.87. The second kappa shape index (κ2) is 8.71. The molecule has 1 heterocycles. The van der Waals surface area contributed by atoms with Crippen molar-refractivity contribution in [1.82, 2.24) is 9.88 Å². The molecule has 0 aliphatic rings. The summed E-state index contributed by atoms with van der Waals surface area (Å²) < 4.78 is 4.58. The highest BCUT2D eigenvalue weighted by Gasteiger charge is 2.06. The number of carbonyl (C=O) groups excluding carboxylic acids is 1. The Morgan fingerprint density at radius 3 is 2.44 bits per heavy atom. The van der Waals surface area contributed by atoms with E-state index in [2.05, 4.69) is 9.72 Å². The minimum atomic E-state index is -0.306. The van der Waals surface area contributed by atoms with Crippen molar-refractivity contribution in [3.63, 3.8) is 0 Å². The fraction of sp³-hybridized carbons (Fsp3) is 0.500. The molecular weight excluding hydrogens is 204 g/mol. The van der Waals surface area contributed by atoms with E-state index in [0.29, 0.717) is 6.54 Å². The highest BCUT2D eigenvalue weighted by atomic mass is 16.5. The van der Waals surface area contributed by atoms with Crippen LogP contribution in [0.1, 0.15) is 19.4 Å². The second-order valence-electron chi connectivity index (χ2n) is 3.00. The number of rotatable bonds is 3. The fourth-order valence-corrected chi connectivity index (χ4v) is 1.09. The Labute approximate surface area is 97.2 Å². The van der Waals surface area contributed by atoms with Crippen molar-refractivity contribution in [3.8, 4) is 0 Å². The van der Waals surface area contributed by atoms with Gasteiger partial charge in [-0.15, -0.1) is 0 Å². The first-order valence-electron chi connectivity index (χ1n) is 5.42. The molecule has 90 valence electrons. The maximum Gasteiger partial charge on any atom is 0.409 e. The van der Waals surface area contributed by atoms with E-state index in [1.165, 1.54) is 7.11 Å². The van der Waals surface area contributed by atoms with Gasteiger partial charge in [-0.3, -0.25) is 4.98 Å². The van der Waals surface area contributed by atoms with Crippen LogP contribution in [-0.2, 0) is 11.2 Å². The molecule has 0 saturated heterocycles. The summed E-state index contributed by atoms with van der Waals surface area (Å²) in [6.07, 6.45) is 3.99. The molecule has 0 N–H and O–H groups in total. The molecule has 0 aliphatic heterocycles. The highest BCUT2D eigenvalue weighted by molar-refractivity contribution is 5.66. The third-order valence-corrected chi connectivity index (χ3v) is 1.97. The van der Waals surface area contributed by atoms with Crippen molar-refractivity contribution >= 4 is 6.09 Å². The van der Waals surface area contributed by atoms with E-state index in [4.69, 9.17) is 0 Å². The van der Waals surface area contributed by atoms with E-state index in [1.54, 1.807) is 24.3 Å². The third kappa shape index (κ3) is 5.34. The van der Waals surface area contributed by atoms with Crippen molar-refractivity contribution in [2.75, 3.05) is 20.7 Å². The Morgan fingerprint density at radius 1 is 1.38 bits per heavy atom. The van der Waals surface area contributed by atoms with E-state index >= 15 is 0 Å². The number of pyridine rings is 1. The van der Waals surface area contributed by atoms with Crippen LogP contribution in [0.15, 0.2) is 24.5 Å². The van der Waals surface area contributed by atoms with Crippen LogP contribution in [0.5, 0.6) is 0 Å². The fourth-order valence-electron chi connectivity index (χ4n) is 1.09. The zero-order valence-corrected chi connectivity index (χ0v) is 10.4. The molecule has 4 heteroatoms. The van der Waals surface area contributed by atoms with Crippen LogP contribution in [0.2, 0.25) is 0 Å². The molecule has 0 bridgehead atoms. The summed E-state index contributed by atoms with van der Waals surface area (Å²) in [4.78, 5) is 16.5. The number of amides is 1. The Balaban J connectivity index is 0.00000106. The van der Waals surface area contributed by atoms with Gasteiger partial charge in [0.05, 0.1) is 7.11 Å². The Hall–Kier alpha value is -1.58. The molecule has 16 heavy (non-hydrogen) atoms. The monoisotopic (exact) mass is 224 g/mol. The second-order valence-corrected chi connectivity index (χ2v) is 3.00. The average molecular weight is 224 g/mol. The lowest BCUT2D eigenvalue weighted by Gasteiger charge is -2.14. The predicted octanol–water partition coefficient (Wildman–Crippen LogP) is 2.35. The molecule has 0 saturated carbocycles. The molecule has 0 unspecified atom stereocenters. The van der Waals surface area contributed by atoms with Crippen molar-refractivity contribution in [3.05, 3.63) is 30.1 Å². The lowest BCUT2D eigenvalue weighted by atomic mass is 10.2. The van der Waals surface area contributed by atoms with Gasteiger partial charge in [-0.25, -0.2) is 4.79 Å². The van der Waals surface area contributed by atoms with Gasteiger partial charge < -0.3 is 9.64 Å². The van der Waals surface area contributed by atoms with Gasteiger partial charge in [-0.1, -0.05) is 13.8 Å². The number of aromatic nitrogens is 1. The Morgan fingerprint density at radius 2 is 1.94 bits per heavy atom. The van der Waals surface area contributed by atoms with Crippen molar-refractivity contribution < 1.29 is 9.53 Å². The van der Waals surface area contributed by atoms with Crippen LogP contribution in [0.3, 0.4) is 0 Å². The molecule has 0 atom stereocenters. The van der Waals surface area contributed by atoms with Crippen molar-refractivity contribution in [1.29, 1.82) is 0 Å². The van der Waals surface area contributed by atoms with Crippen LogP contribution in [0.25, 0.3) is 0 Å². The van der Waals surface area contributed by atoms with E-state index in [-0.39, 0.29) is 6.09 Å². The number of hydrogen-bond donors (Lipinski definition) is 0. The van der Waals surface area contributed by atoms with E-state index in [1.807, 2.05) is 26.0 Å². The standard InChI is InChI=1S/C10H14N2O2.C2H6/c1-12(10(13)14-2)8-5-9-3-6-11-7-4-9;1-2/h3-4,6-7H,5,8H2,1-2H3;1-2H3. The smallest absolute Gasteiger partial charge is 0.409 e. The van der Waals surface area contributed by atoms with Gasteiger partial charge in [0.15, 0.2) is 0 Å². The van der Waals surface area contributed by atoms with E-state index in [0.717, 1.165) is 12.0 Å². The van der Waals surface area contributed by atoms with E-state index < -0.39 is 0 Å². The van der Waals surface area contributed by atoms with Crippen LogP contribution in [0.4, 0.5) is 4.79 Å². The van der Waals surface area contributed by atoms with E-state index in [9.17, 15) is 4.79 Å². The van der Waals surface area contributed by atoms with Gasteiger partial charge in [-0.2, -0.15) is 0 Å². The van der Waals surface area contributed by atoms with Gasteiger partial charge in [0.25, 0.3) is 0 Å². The van der Waals surface area contributed by atoms with Gasteiger partial charge in [0, 0.05) is 26.0 Å². The number of nitrogens with zero attached hydrogens (tertiary/aromatic N) is 2. The summed E-state index contributed by atoms with van der Waals surface area (Å²) in [7, 11) is 3.10. The number of likely N-dealkylation sites (N-methyl/N-ethyl adjacent to an activating group) is 1. The minimum Gasteiger partial charge on any atom is -0.453 e. The van der Waals surface area contributed by atoms with Gasteiger partial charge in [0.2, 0.25) is 0 Å². The molecule has 0 fully saturated rings. The van der Waals surface area contributed by atoms with Gasteiger partial charge >= 0.3 is 6.09 Å². The zero-order valence-electron chi connectivity index (χ0n) is 10.4. The molecule has 0 spiro atoms. The Bertz CT molecular complexity index is 288. The van der Waals surface area contributed by atoms with Crippen LogP contribution in [0, 0.1) is 0 Å². The van der Waals surface area contributed by atoms with Crippen LogP contribution >= 0.6 is 0 Å². The highest BCUT2D eigenvalue weighted by Crippen LogP contribution is 1.99.